The van der Waals surface area contributed by atoms with Gasteiger partial charge in [0.1, 0.15) is 10.9 Å². The van der Waals surface area contributed by atoms with Crippen molar-refractivity contribution in [1.82, 2.24) is 0 Å². The van der Waals surface area contributed by atoms with Crippen molar-refractivity contribution in [3.05, 3.63) is 34.5 Å². The number of amides is 2. The molecule has 0 aromatic heterocycles. The van der Waals surface area contributed by atoms with Crippen molar-refractivity contribution in [3.63, 3.8) is 0 Å². The van der Waals surface area contributed by atoms with E-state index in [0.29, 0.717) is 0 Å². The lowest BCUT2D eigenvalue weighted by atomic mass is 10.2. The molecular formula is C9H4F3N2O2+. The molecule has 1 aliphatic rings. The maximum atomic E-state index is 12.5. The third kappa shape index (κ3) is 1.60. The van der Waals surface area contributed by atoms with Crippen LogP contribution in [0.2, 0.25) is 0 Å². The molecule has 1 heterocycles. The lowest BCUT2D eigenvalue weighted by Gasteiger charge is -2.04. The summed E-state index contributed by atoms with van der Waals surface area (Å²) in [5.41, 5.74) is -1.02. The first-order valence-corrected chi connectivity index (χ1v) is 4.17. The quantitative estimate of drug-likeness (QED) is 0.528. The lowest BCUT2D eigenvalue weighted by Crippen LogP contribution is -2.87. The van der Waals surface area contributed by atoms with Gasteiger partial charge in [0.15, 0.2) is 0 Å². The highest BCUT2D eigenvalue weighted by molar-refractivity contribution is 6.31. The van der Waals surface area contributed by atoms with E-state index in [1.165, 1.54) is 6.07 Å². The first-order chi connectivity index (χ1) is 7.39. The Labute approximate surface area is 86.1 Å². The Morgan fingerprint density at radius 2 is 1.88 bits per heavy atom. The summed E-state index contributed by atoms with van der Waals surface area (Å²) >= 11 is 0. The summed E-state index contributed by atoms with van der Waals surface area (Å²) in [6, 6.07) is 3.16. The highest BCUT2D eigenvalue weighted by atomic mass is 19.4. The van der Waals surface area contributed by atoms with E-state index in [1.54, 1.807) is 0 Å². The number of nitrogens with one attached hydrogen (secondary N) is 1. The number of benzene rings is 1. The Morgan fingerprint density at radius 3 is 2.50 bits per heavy atom. The summed E-state index contributed by atoms with van der Waals surface area (Å²) in [4.78, 5) is 26.9. The van der Waals surface area contributed by atoms with Crippen LogP contribution in [0.15, 0.2) is 23.2 Å². The van der Waals surface area contributed by atoms with Crippen molar-refractivity contribution in [2.75, 3.05) is 0 Å². The molecule has 1 aromatic rings. The van der Waals surface area contributed by atoms with E-state index in [2.05, 4.69) is 4.99 Å². The second-order valence-corrected chi connectivity index (χ2v) is 3.07. The normalized spacial score (nSPS) is 15.2. The Morgan fingerprint density at radius 1 is 1.19 bits per heavy atom. The molecule has 1 aromatic carbocycles. The van der Waals surface area contributed by atoms with Crippen LogP contribution in [0.25, 0.3) is 0 Å². The molecule has 0 radical (unpaired) electrons. The summed E-state index contributed by atoms with van der Waals surface area (Å²) in [5.74, 6) is -2.27. The van der Waals surface area contributed by atoms with E-state index in [0.717, 1.165) is 12.1 Å². The number of alkyl halides is 3. The number of hydrogen-bond acceptors (Lipinski definition) is 2. The number of carbonyl (C=O) groups excluding carboxylic acids is 2. The predicted molar refractivity (Wildman–Crippen MR) is 42.3 cm³/mol. The van der Waals surface area contributed by atoms with Gasteiger partial charge in [-0.1, -0.05) is 6.07 Å². The fourth-order valence-electron chi connectivity index (χ4n) is 1.33. The summed E-state index contributed by atoms with van der Waals surface area (Å²) < 4.78 is 37.6. The van der Waals surface area contributed by atoms with Gasteiger partial charge < -0.3 is 0 Å². The molecule has 0 fully saturated rings. The van der Waals surface area contributed by atoms with Crippen LogP contribution in [-0.2, 0) is 15.8 Å². The second-order valence-electron chi connectivity index (χ2n) is 3.07. The second kappa shape index (κ2) is 3.22. The molecule has 0 saturated heterocycles. The van der Waals surface area contributed by atoms with Crippen LogP contribution in [0.3, 0.4) is 0 Å². The van der Waals surface area contributed by atoms with Gasteiger partial charge in [-0.15, -0.1) is 0 Å². The third-order valence-corrected chi connectivity index (χ3v) is 2.00. The van der Waals surface area contributed by atoms with Gasteiger partial charge in [0.25, 0.3) is 0 Å². The van der Waals surface area contributed by atoms with E-state index in [-0.39, 0.29) is 5.36 Å². The summed E-state index contributed by atoms with van der Waals surface area (Å²) in [5, 5.41) is -0.654. The molecule has 0 aliphatic carbocycles. The molecule has 82 valence electrons. The first-order valence-electron chi connectivity index (χ1n) is 4.17. The smallest absolute Gasteiger partial charge is 0.255 e. The number of halogens is 3. The van der Waals surface area contributed by atoms with Crippen molar-refractivity contribution in [1.29, 1.82) is 0 Å². The van der Waals surface area contributed by atoms with Gasteiger partial charge in [0.2, 0.25) is 5.36 Å². The predicted octanol–water partition coefficient (Wildman–Crippen LogP) is -1.91. The Kier molecular flexibility index (Phi) is 2.11. The number of rotatable bonds is 0. The fourth-order valence-corrected chi connectivity index (χ4v) is 1.33. The van der Waals surface area contributed by atoms with E-state index < -0.39 is 28.9 Å². The highest BCUT2D eigenvalue weighted by Crippen LogP contribution is 2.25. The minimum absolute atomic E-state index is 0.181. The Balaban J connectivity index is 2.86. The SMILES string of the molecule is O=C1N=c2cccc(C(F)(F)F)c2=[NH+]C1=O. The average molecular weight is 229 g/mol. The van der Waals surface area contributed by atoms with Crippen LogP contribution in [0.5, 0.6) is 0 Å². The summed E-state index contributed by atoms with van der Waals surface area (Å²) in [7, 11) is 0. The molecule has 0 unspecified atom stereocenters. The minimum atomic E-state index is -4.60. The van der Waals surface area contributed by atoms with Crippen molar-refractivity contribution in [2.24, 2.45) is 4.99 Å². The van der Waals surface area contributed by atoms with Gasteiger partial charge in [0, 0.05) is 0 Å². The zero-order valence-corrected chi connectivity index (χ0v) is 7.63. The number of nitrogens with zero attached hydrogens (tertiary/aromatic N) is 1. The molecule has 2 rings (SSSR count). The van der Waals surface area contributed by atoms with Crippen molar-refractivity contribution >= 4 is 11.8 Å². The van der Waals surface area contributed by atoms with Crippen LogP contribution in [-0.4, -0.2) is 11.8 Å². The molecule has 4 nitrogen and oxygen atoms in total. The molecule has 0 atom stereocenters. The Hall–Kier alpha value is -2.05. The van der Waals surface area contributed by atoms with E-state index in [4.69, 9.17) is 0 Å². The van der Waals surface area contributed by atoms with Gasteiger partial charge in [-0.2, -0.15) is 23.2 Å². The molecule has 0 bridgehead atoms. The van der Waals surface area contributed by atoms with Crippen molar-refractivity contribution < 1.29 is 27.8 Å². The molecule has 0 saturated carbocycles. The lowest BCUT2D eigenvalue weighted by molar-refractivity contribution is -0.415. The van der Waals surface area contributed by atoms with Gasteiger partial charge in [-0.05, 0) is 12.1 Å². The molecule has 16 heavy (non-hydrogen) atoms. The van der Waals surface area contributed by atoms with Crippen LogP contribution < -0.4 is 15.7 Å². The van der Waals surface area contributed by atoms with Gasteiger partial charge in [0.05, 0.1) is 0 Å². The van der Waals surface area contributed by atoms with E-state index in [1.807, 2.05) is 4.99 Å². The molecule has 2 amide bonds. The molecular weight excluding hydrogens is 225 g/mol. The fraction of sp³-hybridized carbons (Fsp3) is 0.111. The summed E-state index contributed by atoms with van der Waals surface area (Å²) in [6.45, 7) is 0. The van der Waals surface area contributed by atoms with Crippen LogP contribution >= 0.6 is 0 Å². The maximum Gasteiger partial charge on any atom is 0.478 e. The van der Waals surface area contributed by atoms with Crippen molar-refractivity contribution in [3.8, 4) is 0 Å². The maximum absolute atomic E-state index is 12.5. The average Bonchev–Trinajstić information content (AvgIpc) is 2.17. The van der Waals surface area contributed by atoms with Gasteiger partial charge in [-0.3, -0.25) is 4.79 Å². The third-order valence-electron chi connectivity index (χ3n) is 2.00. The number of fused-ring (bicyclic) bond motifs is 1. The van der Waals surface area contributed by atoms with Crippen LogP contribution in [0.1, 0.15) is 5.56 Å². The standard InChI is InChI=1S/C9H3F3N2O2/c10-9(11,12)4-2-1-3-5-6(4)14-8(16)7(15)13-5/h1-3H/p+1. The first kappa shape index (κ1) is 10.5. The monoisotopic (exact) mass is 229 g/mol. The summed E-state index contributed by atoms with van der Waals surface area (Å²) in [6.07, 6.45) is -4.60. The molecule has 7 heteroatoms. The zero-order valence-electron chi connectivity index (χ0n) is 7.63. The topological polar surface area (TPSA) is 60.5 Å². The van der Waals surface area contributed by atoms with Crippen LogP contribution in [0, 0.1) is 0 Å². The van der Waals surface area contributed by atoms with Crippen molar-refractivity contribution in [2.45, 2.75) is 6.18 Å². The van der Waals surface area contributed by atoms with E-state index >= 15 is 0 Å². The molecule has 1 N–H and O–H groups in total. The number of para-hydroxylation sites is 1. The largest absolute Gasteiger partial charge is 0.478 e. The molecule has 0 spiro atoms. The number of carbonyl (C=O) groups is 2. The van der Waals surface area contributed by atoms with Crippen LogP contribution in [0.4, 0.5) is 13.2 Å². The molecule has 1 aliphatic heterocycles. The van der Waals surface area contributed by atoms with Gasteiger partial charge >= 0.3 is 18.0 Å². The van der Waals surface area contributed by atoms with Gasteiger partial charge in [-0.25, -0.2) is 4.79 Å². The van der Waals surface area contributed by atoms with E-state index in [9.17, 15) is 22.8 Å². The number of hydrogen-bond donors (Lipinski definition) is 1. The minimum Gasteiger partial charge on any atom is -0.255 e. The Bertz CT molecular complexity index is 604. The zero-order chi connectivity index (χ0) is 11.9. The highest BCUT2D eigenvalue weighted by Gasteiger charge is 2.37.